The standard InChI is InChI=1S/C24H21BrFN3O3S/c25-19-8-9-22(28-23(31)18-6-4-16(5-7-18)15-33-11-10-30)21(13-19)24(32)29-27-14-17-2-1-3-20(26)12-17/h1-9,12-14,30H,10-11,15H2,(H,28,31)(H,29,32). The van der Waals surface area contributed by atoms with Crippen molar-refractivity contribution in [3.8, 4) is 0 Å². The summed E-state index contributed by atoms with van der Waals surface area (Å²) >= 11 is 4.94. The third-order valence-electron chi connectivity index (χ3n) is 4.42. The number of aliphatic hydroxyl groups is 1. The second-order valence-corrected chi connectivity index (χ2v) is 8.89. The first kappa shape index (κ1) is 24.6. The van der Waals surface area contributed by atoms with Crippen molar-refractivity contribution in [2.45, 2.75) is 5.75 Å². The molecule has 9 heteroatoms. The number of halogens is 2. The van der Waals surface area contributed by atoms with E-state index >= 15 is 0 Å². The zero-order chi connectivity index (χ0) is 23.6. The lowest BCUT2D eigenvalue weighted by Crippen LogP contribution is -2.21. The number of anilines is 1. The molecule has 3 rings (SSSR count). The zero-order valence-corrected chi connectivity index (χ0v) is 19.8. The Labute approximate surface area is 203 Å². The van der Waals surface area contributed by atoms with Crippen molar-refractivity contribution >= 4 is 51.4 Å². The lowest BCUT2D eigenvalue weighted by atomic mass is 10.1. The number of carbonyl (C=O) groups excluding carboxylic acids is 2. The van der Waals surface area contributed by atoms with Crippen LogP contribution in [0.2, 0.25) is 0 Å². The van der Waals surface area contributed by atoms with E-state index in [4.69, 9.17) is 5.11 Å². The summed E-state index contributed by atoms with van der Waals surface area (Å²) in [5.41, 5.74) is 4.92. The Morgan fingerprint density at radius 1 is 1.06 bits per heavy atom. The molecule has 0 aromatic heterocycles. The number of nitrogens with one attached hydrogen (secondary N) is 2. The molecule has 0 radical (unpaired) electrons. The molecule has 33 heavy (non-hydrogen) atoms. The molecule has 3 aromatic rings. The molecule has 0 heterocycles. The van der Waals surface area contributed by atoms with Crippen LogP contribution >= 0.6 is 27.7 Å². The molecule has 3 N–H and O–H groups in total. The lowest BCUT2D eigenvalue weighted by Gasteiger charge is -2.11. The third kappa shape index (κ3) is 7.52. The van der Waals surface area contributed by atoms with Crippen molar-refractivity contribution in [3.63, 3.8) is 0 Å². The van der Waals surface area contributed by atoms with E-state index in [1.807, 2.05) is 12.1 Å². The van der Waals surface area contributed by atoms with Crippen LogP contribution in [0.4, 0.5) is 10.1 Å². The van der Waals surface area contributed by atoms with Crippen LogP contribution in [0.25, 0.3) is 0 Å². The number of thioether (sulfide) groups is 1. The molecule has 3 aromatic carbocycles. The molecule has 0 fully saturated rings. The fraction of sp³-hybridized carbons (Fsp3) is 0.125. The third-order valence-corrected chi connectivity index (χ3v) is 5.93. The van der Waals surface area contributed by atoms with Gasteiger partial charge in [-0.15, -0.1) is 0 Å². The first-order valence-electron chi connectivity index (χ1n) is 9.93. The van der Waals surface area contributed by atoms with Gasteiger partial charge in [-0.3, -0.25) is 9.59 Å². The lowest BCUT2D eigenvalue weighted by molar-refractivity contribution is 0.0956. The highest BCUT2D eigenvalue weighted by Crippen LogP contribution is 2.22. The largest absolute Gasteiger partial charge is 0.396 e. The highest BCUT2D eigenvalue weighted by atomic mass is 79.9. The van der Waals surface area contributed by atoms with Crippen molar-refractivity contribution in [1.29, 1.82) is 0 Å². The van der Waals surface area contributed by atoms with E-state index in [0.717, 1.165) is 11.3 Å². The van der Waals surface area contributed by atoms with Gasteiger partial charge in [0, 0.05) is 21.5 Å². The number of nitrogens with zero attached hydrogens (tertiary/aromatic N) is 1. The van der Waals surface area contributed by atoms with E-state index < -0.39 is 11.7 Å². The van der Waals surface area contributed by atoms with Gasteiger partial charge in [-0.2, -0.15) is 16.9 Å². The summed E-state index contributed by atoms with van der Waals surface area (Å²) in [6, 6.07) is 17.8. The second kappa shape index (κ2) is 12.3. The van der Waals surface area contributed by atoms with E-state index in [1.165, 1.54) is 18.3 Å². The fourth-order valence-corrected chi connectivity index (χ4v) is 3.89. The summed E-state index contributed by atoms with van der Waals surface area (Å²) in [7, 11) is 0. The molecule has 0 spiro atoms. The predicted molar refractivity (Wildman–Crippen MR) is 133 cm³/mol. The van der Waals surface area contributed by atoms with Gasteiger partial charge in [0.15, 0.2) is 0 Å². The average Bonchev–Trinajstić information content (AvgIpc) is 2.81. The topological polar surface area (TPSA) is 90.8 Å². The number of amides is 2. The van der Waals surface area contributed by atoms with Crippen molar-refractivity contribution in [1.82, 2.24) is 5.43 Å². The van der Waals surface area contributed by atoms with Gasteiger partial charge in [-0.05, 0) is 53.6 Å². The van der Waals surface area contributed by atoms with Gasteiger partial charge in [0.1, 0.15) is 5.82 Å². The predicted octanol–water partition coefficient (Wildman–Crippen LogP) is 4.83. The smallest absolute Gasteiger partial charge is 0.273 e. The van der Waals surface area contributed by atoms with E-state index in [9.17, 15) is 14.0 Å². The highest BCUT2D eigenvalue weighted by Gasteiger charge is 2.15. The molecule has 0 bridgehead atoms. The first-order chi connectivity index (χ1) is 16.0. The first-order valence-corrected chi connectivity index (χ1v) is 11.9. The van der Waals surface area contributed by atoms with Crippen LogP contribution < -0.4 is 10.7 Å². The van der Waals surface area contributed by atoms with Crippen LogP contribution in [-0.4, -0.2) is 35.5 Å². The average molecular weight is 530 g/mol. The maximum absolute atomic E-state index is 13.3. The number of hydrogen-bond donors (Lipinski definition) is 3. The summed E-state index contributed by atoms with van der Waals surface area (Å²) < 4.78 is 13.9. The van der Waals surface area contributed by atoms with Gasteiger partial charge in [0.2, 0.25) is 0 Å². The Morgan fingerprint density at radius 3 is 2.58 bits per heavy atom. The SMILES string of the molecule is O=C(Nc1ccc(Br)cc1C(=O)NN=Cc1cccc(F)c1)c1ccc(CSCCO)cc1. The maximum atomic E-state index is 13.3. The van der Waals surface area contributed by atoms with Crippen LogP contribution in [0.15, 0.2) is 76.3 Å². The number of benzene rings is 3. The van der Waals surface area contributed by atoms with E-state index in [2.05, 4.69) is 31.8 Å². The molecule has 170 valence electrons. The number of hydrazone groups is 1. The zero-order valence-electron chi connectivity index (χ0n) is 17.4. The Bertz CT molecular complexity index is 1160. The monoisotopic (exact) mass is 529 g/mol. The molecule has 0 aliphatic carbocycles. The normalized spacial score (nSPS) is 10.9. The molecule has 0 unspecified atom stereocenters. The summed E-state index contributed by atoms with van der Waals surface area (Å²) in [5, 5.41) is 15.5. The summed E-state index contributed by atoms with van der Waals surface area (Å²) in [4.78, 5) is 25.4. The minimum Gasteiger partial charge on any atom is -0.396 e. The van der Waals surface area contributed by atoms with Gasteiger partial charge < -0.3 is 10.4 Å². The quantitative estimate of drug-likeness (QED) is 0.210. The fourth-order valence-electron chi connectivity index (χ4n) is 2.83. The van der Waals surface area contributed by atoms with Gasteiger partial charge >= 0.3 is 0 Å². The Hall–Kier alpha value is -3.01. The van der Waals surface area contributed by atoms with Crippen molar-refractivity contribution < 1.29 is 19.1 Å². The van der Waals surface area contributed by atoms with Crippen LogP contribution in [0.5, 0.6) is 0 Å². The van der Waals surface area contributed by atoms with Crippen LogP contribution in [0.3, 0.4) is 0 Å². The molecule has 0 aliphatic rings. The van der Waals surface area contributed by atoms with Gasteiger partial charge in [0.05, 0.1) is 24.1 Å². The molecule has 0 aliphatic heterocycles. The molecule has 0 atom stereocenters. The van der Waals surface area contributed by atoms with Crippen molar-refractivity contribution in [3.05, 3.63) is 99.3 Å². The minimum atomic E-state index is -0.532. The summed E-state index contributed by atoms with van der Waals surface area (Å²) in [6.45, 7) is 0.129. The Balaban J connectivity index is 1.68. The van der Waals surface area contributed by atoms with Gasteiger partial charge in [0.25, 0.3) is 11.8 Å². The molecule has 0 saturated carbocycles. The number of aliphatic hydroxyl groups excluding tert-OH is 1. The van der Waals surface area contributed by atoms with E-state index in [0.29, 0.717) is 27.0 Å². The van der Waals surface area contributed by atoms with Crippen molar-refractivity contribution in [2.75, 3.05) is 17.7 Å². The van der Waals surface area contributed by atoms with Gasteiger partial charge in [-0.1, -0.05) is 40.2 Å². The number of rotatable bonds is 9. The molecule has 2 amide bonds. The summed E-state index contributed by atoms with van der Waals surface area (Å²) in [5.74, 6) is 0.109. The second-order valence-electron chi connectivity index (χ2n) is 6.87. The molecule has 0 saturated heterocycles. The Kier molecular flexibility index (Phi) is 9.17. The summed E-state index contributed by atoms with van der Waals surface area (Å²) in [6.07, 6.45) is 1.33. The highest BCUT2D eigenvalue weighted by molar-refractivity contribution is 9.10. The van der Waals surface area contributed by atoms with E-state index in [1.54, 1.807) is 54.2 Å². The van der Waals surface area contributed by atoms with Gasteiger partial charge in [-0.25, -0.2) is 9.82 Å². The number of carbonyl (C=O) groups is 2. The maximum Gasteiger partial charge on any atom is 0.273 e. The van der Waals surface area contributed by atoms with Crippen LogP contribution in [0.1, 0.15) is 31.8 Å². The molecule has 6 nitrogen and oxygen atoms in total. The molecular formula is C24H21BrFN3O3S. The van der Waals surface area contributed by atoms with Crippen molar-refractivity contribution in [2.24, 2.45) is 5.10 Å². The molecular weight excluding hydrogens is 509 g/mol. The number of hydrogen-bond acceptors (Lipinski definition) is 5. The van der Waals surface area contributed by atoms with Crippen LogP contribution in [0, 0.1) is 5.82 Å². The minimum absolute atomic E-state index is 0.129. The van der Waals surface area contributed by atoms with Crippen LogP contribution in [-0.2, 0) is 5.75 Å². The van der Waals surface area contributed by atoms with E-state index in [-0.39, 0.29) is 18.1 Å². The Morgan fingerprint density at radius 2 is 1.85 bits per heavy atom.